The van der Waals surface area contributed by atoms with Crippen molar-refractivity contribution in [2.75, 3.05) is 13.7 Å². The Morgan fingerprint density at radius 2 is 2.08 bits per heavy atom. The molecule has 0 saturated carbocycles. The van der Waals surface area contributed by atoms with E-state index in [0.29, 0.717) is 12.2 Å². The van der Waals surface area contributed by atoms with Crippen LogP contribution in [0, 0.1) is 0 Å². The first kappa shape index (κ1) is 16.8. The van der Waals surface area contributed by atoms with Crippen LogP contribution in [-0.4, -0.2) is 28.9 Å². The maximum Gasteiger partial charge on any atom is 0.269 e. The van der Waals surface area contributed by atoms with Crippen LogP contribution in [-0.2, 0) is 6.42 Å². The zero-order valence-electron chi connectivity index (χ0n) is 14.1. The molecule has 1 N–H and O–H groups in total. The molecule has 0 fully saturated rings. The van der Waals surface area contributed by atoms with E-state index in [1.54, 1.807) is 18.4 Å². The van der Waals surface area contributed by atoms with E-state index in [0.717, 1.165) is 33.3 Å². The number of amides is 1. The van der Waals surface area contributed by atoms with Crippen LogP contribution in [0.15, 0.2) is 53.4 Å². The molecule has 0 aliphatic rings. The van der Waals surface area contributed by atoms with Crippen LogP contribution < -0.4 is 10.1 Å². The largest absolute Gasteiger partial charge is 0.497 e. The monoisotopic (exact) mass is 383 g/mol. The van der Waals surface area contributed by atoms with Gasteiger partial charge in [-0.3, -0.25) is 9.20 Å². The molecule has 0 aliphatic heterocycles. The van der Waals surface area contributed by atoms with E-state index >= 15 is 0 Å². The topological polar surface area (TPSA) is 55.6 Å². The Kier molecular flexibility index (Phi) is 4.73. The van der Waals surface area contributed by atoms with Gasteiger partial charge in [-0.15, -0.1) is 22.7 Å². The van der Waals surface area contributed by atoms with Gasteiger partial charge >= 0.3 is 0 Å². The molecule has 0 aliphatic carbocycles. The number of carbonyl (C=O) groups is 1. The summed E-state index contributed by atoms with van der Waals surface area (Å²) in [6, 6.07) is 11.9. The number of imidazole rings is 1. The van der Waals surface area contributed by atoms with E-state index in [-0.39, 0.29) is 5.91 Å². The molecule has 0 bridgehead atoms. The van der Waals surface area contributed by atoms with Crippen molar-refractivity contribution in [1.29, 1.82) is 0 Å². The lowest BCUT2D eigenvalue weighted by molar-refractivity contribution is 0.0948. The summed E-state index contributed by atoms with van der Waals surface area (Å²) < 4.78 is 7.02. The minimum absolute atomic E-state index is 0.0834. The summed E-state index contributed by atoms with van der Waals surface area (Å²) in [6.45, 7) is 0.578. The van der Waals surface area contributed by atoms with Gasteiger partial charge in [0.05, 0.1) is 12.0 Å². The van der Waals surface area contributed by atoms with E-state index in [9.17, 15) is 4.79 Å². The first-order valence-electron chi connectivity index (χ1n) is 8.16. The number of benzene rings is 1. The van der Waals surface area contributed by atoms with Crippen molar-refractivity contribution in [3.8, 4) is 16.3 Å². The van der Waals surface area contributed by atoms with Gasteiger partial charge in [0.25, 0.3) is 5.91 Å². The SMILES string of the molecule is COc1ccc(CCNC(=O)c2csc3nc(-c4cccs4)cn23)cc1. The van der Waals surface area contributed by atoms with Crippen molar-refractivity contribution in [2.45, 2.75) is 6.42 Å². The molecule has 7 heteroatoms. The molecule has 0 spiro atoms. The normalized spacial score (nSPS) is 11.0. The molecule has 0 saturated heterocycles. The number of nitrogens with zero attached hydrogens (tertiary/aromatic N) is 2. The number of hydrogen-bond acceptors (Lipinski definition) is 5. The van der Waals surface area contributed by atoms with Crippen molar-refractivity contribution < 1.29 is 9.53 Å². The zero-order chi connectivity index (χ0) is 17.9. The summed E-state index contributed by atoms with van der Waals surface area (Å²) in [4.78, 5) is 19.1. The Bertz CT molecular complexity index is 1020. The van der Waals surface area contributed by atoms with Crippen LogP contribution in [0.25, 0.3) is 15.5 Å². The lowest BCUT2D eigenvalue weighted by Gasteiger charge is -2.06. The number of hydrogen-bond donors (Lipinski definition) is 1. The summed E-state index contributed by atoms with van der Waals surface area (Å²) in [6.07, 6.45) is 2.70. The first-order valence-corrected chi connectivity index (χ1v) is 9.92. The average Bonchev–Trinajstić information content (AvgIpc) is 3.38. The lowest BCUT2D eigenvalue weighted by Crippen LogP contribution is -2.26. The predicted octanol–water partition coefficient (Wildman–Crippen LogP) is 4.11. The highest BCUT2D eigenvalue weighted by atomic mass is 32.1. The van der Waals surface area contributed by atoms with E-state index in [2.05, 4.69) is 10.3 Å². The summed E-state index contributed by atoms with van der Waals surface area (Å²) in [7, 11) is 1.65. The molecule has 3 heterocycles. The Balaban J connectivity index is 1.42. The minimum atomic E-state index is -0.0834. The molecule has 5 nitrogen and oxygen atoms in total. The number of thiazole rings is 1. The molecule has 0 radical (unpaired) electrons. The highest BCUT2D eigenvalue weighted by Gasteiger charge is 2.15. The van der Waals surface area contributed by atoms with Crippen molar-refractivity contribution in [3.63, 3.8) is 0 Å². The quantitative estimate of drug-likeness (QED) is 0.545. The van der Waals surface area contributed by atoms with Crippen LogP contribution in [0.4, 0.5) is 0 Å². The van der Waals surface area contributed by atoms with E-state index in [1.807, 2.05) is 57.8 Å². The number of aromatic nitrogens is 2. The number of nitrogens with one attached hydrogen (secondary N) is 1. The van der Waals surface area contributed by atoms with Crippen LogP contribution in [0.1, 0.15) is 16.1 Å². The first-order chi connectivity index (χ1) is 12.7. The van der Waals surface area contributed by atoms with Gasteiger partial charge in [-0.25, -0.2) is 4.98 Å². The second-order valence-corrected chi connectivity index (χ2v) is 7.52. The highest BCUT2D eigenvalue weighted by Crippen LogP contribution is 2.26. The fraction of sp³-hybridized carbons (Fsp3) is 0.158. The van der Waals surface area contributed by atoms with E-state index < -0.39 is 0 Å². The number of rotatable bonds is 6. The van der Waals surface area contributed by atoms with Crippen LogP contribution in [0.3, 0.4) is 0 Å². The lowest BCUT2D eigenvalue weighted by atomic mass is 10.1. The summed E-state index contributed by atoms with van der Waals surface area (Å²) >= 11 is 3.12. The van der Waals surface area contributed by atoms with Gasteiger partial charge in [-0.05, 0) is 35.6 Å². The van der Waals surface area contributed by atoms with Gasteiger partial charge in [0.15, 0.2) is 4.96 Å². The van der Waals surface area contributed by atoms with Crippen molar-refractivity contribution in [3.05, 3.63) is 64.6 Å². The smallest absolute Gasteiger partial charge is 0.269 e. The van der Waals surface area contributed by atoms with Crippen molar-refractivity contribution in [2.24, 2.45) is 0 Å². The van der Waals surface area contributed by atoms with E-state index in [4.69, 9.17) is 4.74 Å². The molecule has 3 aromatic heterocycles. The molecule has 4 aromatic rings. The molecular weight excluding hydrogens is 366 g/mol. The molecule has 0 atom stereocenters. The third-order valence-corrected chi connectivity index (χ3v) is 5.81. The minimum Gasteiger partial charge on any atom is -0.497 e. The number of ether oxygens (including phenoxy) is 1. The number of thiophene rings is 1. The molecule has 132 valence electrons. The fourth-order valence-corrected chi connectivity index (χ4v) is 4.23. The molecule has 26 heavy (non-hydrogen) atoms. The van der Waals surface area contributed by atoms with Gasteiger partial charge in [0.1, 0.15) is 17.1 Å². The molecule has 0 unspecified atom stereocenters. The molecule has 1 amide bonds. The molecule has 1 aromatic carbocycles. The Morgan fingerprint density at radius 3 is 2.81 bits per heavy atom. The Morgan fingerprint density at radius 1 is 1.23 bits per heavy atom. The van der Waals surface area contributed by atoms with Crippen molar-refractivity contribution in [1.82, 2.24) is 14.7 Å². The van der Waals surface area contributed by atoms with Crippen LogP contribution in [0.5, 0.6) is 5.75 Å². The van der Waals surface area contributed by atoms with E-state index in [1.165, 1.54) is 11.3 Å². The Hall–Kier alpha value is -2.64. The second-order valence-electron chi connectivity index (χ2n) is 5.73. The maximum absolute atomic E-state index is 12.5. The summed E-state index contributed by atoms with van der Waals surface area (Å²) in [5.74, 6) is 0.750. The second kappa shape index (κ2) is 7.31. The predicted molar refractivity (Wildman–Crippen MR) is 105 cm³/mol. The van der Waals surface area contributed by atoms with Gasteiger partial charge in [-0.2, -0.15) is 0 Å². The maximum atomic E-state index is 12.5. The average molecular weight is 383 g/mol. The van der Waals surface area contributed by atoms with Gasteiger partial charge < -0.3 is 10.1 Å². The zero-order valence-corrected chi connectivity index (χ0v) is 15.8. The third-order valence-electron chi connectivity index (χ3n) is 4.07. The fourth-order valence-electron chi connectivity index (χ4n) is 2.69. The summed E-state index contributed by atoms with van der Waals surface area (Å²) in [5, 5.41) is 6.86. The summed E-state index contributed by atoms with van der Waals surface area (Å²) in [5.41, 5.74) is 2.68. The van der Waals surface area contributed by atoms with Crippen LogP contribution in [0.2, 0.25) is 0 Å². The van der Waals surface area contributed by atoms with Gasteiger partial charge in [-0.1, -0.05) is 18.2 Å². The van der Waals surface area contributed by atoms with Gasteiger partial charge in [0, 0.05) is 18.1 Å². The van der Waals surface area contributed by atoms with Crippen LogP contribution >= 0.6 is 22.7 Å². The van der Waals surface area contributed by atoms with Crippen molar-refractivity contribution >= 4 is 33.5 Å². The third kappa shape index (κ3) is 3.36. The van der Waals surface area contributed by atoms with Gasteiger partial charge in [0.2, 0.25) is 0 Å². The highest BCUT2D eigenvalue weighted by molar-refractivity contribution is 7.15. The standard InChI is InChI=1S/C19H17N3O2S2/c1-24-14-6-4-13(5-7-14)8-9-20-18(23)16-12-26-19-21-15(11-22(16)19)17-3-2-10-25-17/h2-7,10-12H,8-9H2,1H3,(H,20,23). The number of carbonyl (C=O) groups excluding carboxylic acids is 1. The molecular formula is C19H17N3O2S2. The number of fused-ring (bicyclic) bond motifs is 1. The number of methoxy groups -OCH3 is 1. The Labute approximate surface area is 158 Å². The molecule has 4 rings (SSSR count).